The average molecular weight is 691 g/mol. The molecule has 1 fully saturated rings. The van der Waals surface area contributed by atoms with E-state index in [1.54, 1.807) is 59.4 Å². The first-order chi connectivity index (χ1) is 24.0. The predicted molar refractivity (Wildman–Crippen MR) is 193 cm³/mol. The summed E-state index contributed by atoms with van der Waals surface area (Å²) in [7, 11) is -3.59. The number of carbonyl (C=O) groups excluding carboxylic acids is 2. The zero-order valence-electron chi connectivity index (χ0n) is 28.2. The largest absolute Gasteiger partial charge is 0.395 e. The minimum Gasteiger partial charge on any atom is -0.395 e. The fraction of sp³-hybridized carbons (Fsp3) is 0.282. The Kier molecular flexibility index (Phi) is 8.75. The summed E-state index contributed by atoms with van der Waals surface area (Å²) < 4.78 is 24.7. The first-order valence-corrected chi connectivity index (χ1v) is 19.8. The van der Waals surface area contributed by atoms with Crippen molar-refractivity contribution in [2.24, 2.45) is 5.92 Å². The highest BCUT2D eigenvalue weighted by Gasteiger charge is 2.67. The van der Waals surface area contributed by atoms with Crippen LogP contribution in [0.4, 0.5) is 15.5 Å². The molecule has 7 rings (SSSR count). The first-order valence-electron chi connectivity index (χ1n) is 16.9. The number of halogens is 1. The molecular formula is C39H39FN4O5Si. The predicted octanol–water partition coefficient (Wildman–Crippen LogP) is 6.25. The number of nitrogens with zero attached hydrogens (tertiary/aromatic N) is 4. The third kappa shape index (κ3) is 5.65. The van der Waals surface area contributed by atoms with Gasteiger partial charge in [0.05, 0.1) is 42.1 Å². The summed E-state index contributed by atoms with van der Waals surface area (Å²) >= 11 is 0. The average Bonchev–Trinajstić information content (AvgIpc) is 3.54. The lowest BCUT2D eigenvalue weighted by Crippen LogP contribution is -2.44. The van der Waals surface area contributed by atoms with E-state index in [2.05, 4.69) is 5.10 Å². The molecule has 0 unspecified atom stereocenters. The van der Waals surface area contributed by atoms with E-state index in [1.807, 2.05) is 79.7 Å². The van der Waals surface area contributed by atoms with Gasteiger partial charge in [0.25, 0.3) is 11.5 Å². The Balaban J connectivity index is 1.34. The number of fused-ring (bicyclic) bond motifs is 3. The molecule has 11 heteroatoms. The molecule has 1 spiro atoms. The van der Waals surface area contributed by atoms with Crippen molar-refractivity contribution in [3.63, 3.8) is 0 Å². The number of hydrogen-bond donors (Lipinski definition) is 1. The lowest BCUT2D eigenvalue weighted by atomic mass is 9.82. The summed E-state index contributed by atoms with van der Waals surface area (Å²) in [5, 5.41) is 15.5. The van der Waals surface area contributed by atoms with E-state index in [0.717, 1.165) is 5.56 Å². The number of aliphatic hydroxyl groups is 1. The number of benzene rings is 4. The second kappa shape index (κ2) is 13.1. The summed E-state index contributed by atoms with van der Waals surface area (Å²) in [6.07, 6.45) is 0.542. The fourth-order valence-corrected chi connectivity index (χ4v) is 10.4. The normalized spacial score (nSPS) is 21.6. The van der Waals surface area contributed by atoms with Crippen molar-refractivity contribution in [3.8, 4) is 5.69 Å². The Morgan fingerprint density at radius 3 is 2.34 bits per heavy atom. The second-order valence-corrected chi connectivity index (χ2v) is 17.4. The number of rotatable bonds is 9. The van der Waals surface area contributed by atoms with Gasteiger partial charge in [-0.3, -0.25) is 19.3 Å². The van der Waals surface area contributed by atoms with E-state index in [1.165, 1.54) is 4.68 Å². The van der Waals surface area contributed by atoms with Crippen molar-refractivity contribution in [2.45, 2.75) is 50.2 Å². The highest BCUT2D eigenvalue weighted by Crippen LogP contribution is 2.61. The van der Waals surface area contributed by atoms with Crippen LogP contribution >= 0.6 is 0 Å². The minimum atomic E-state index is -3.59. The molecule has 4 aromatic carbocycles. The van der Waals surface area contributed by atoms with Crippen LogP contribution in [0.3, 0.4) is 0 Å². The van der Waals surface area contributed by atoms with E-state index < -0.39 is 31.6 Å². The van der Waals surface area contributed by atoms with Gasteiger partial charge in [-0.2, -0.15) is 9.78 Å². The van der Waals surface area contributed by atoms with Crippen molar-refractivity contribution in [1.29, 1.82) is 0 Å². The van der Waals surface area contributed by atoms with Crippen LogP contribution in [0.15, 0.2) is 114 Å². The fourth-order valence-electron chi connectivity index (χ4n) is 7.92. The highest BCUT2D eigenvalue weighted by molar-refractivity contribution is 6.72. The van der Waals surface area contributed by atoms with Crippen LogP contribution in [0.1, 0.15) is 24.5 Å². The molecule has 0 radical (unpaired) electrons. The summed E-state index contributed by atoms with van der Waals surface area (Å²) in [5.41, 5.74) is 0.307. The third-order valence-corrected chi connectivity index (χ3v) is 12.6. The summed E-state index contributed by atoms with van der Waals surface area (Å²) in [5.74, 6) is -1.34. The van der Waals surface area contributed by atoms with Crippen LogP contribution in [0.2, 0.25) is 18.6 Å². The Bertz CT molecular complexity index is 2120. The van der Waals surface area contributed by atoms with Gasteiger partial charge in [0.2, 0.25) is 14.3 Å². The minimum absolute atomic E-state index is 0.0999. The third-order valence-electron chi connectivity index (χ3n) is 10.1. The van der Waals surface area contributed by atoms with Gasteiger partial charge in [-0.15, -0.1) is 0 Å². The molecule has 1 saturated heterocycles. The molecule has 1 aromatic heterocycles. The molecule has 9 nitrogen and oxygen atoms in total. The maximum Gasteiger partial charge on any atom is 0.279 e. The van der Waals surface area contributed by atoms with E-state index in [4.69, 9.17) is 4.74 Å². The lowest BCUT2D eigenvalue weighted by molar-refractivity contribution is -0.149. The molecule has 50 heavy (non-hydrogen) atoms. The summed E-state index contributed by atoms with van der Waals surface area (Å²) in [6.45, 7) is 5.15. The van der Waals surface area contributed by atoms with Gasteiger partial charge in [0.15, 0.2) is 5.60 Å². The van der Waals surface area contributed by atoms with Crippen molar-refractivity contribution in [3.05, 3.63) is 131 Å². The van der Waals surface area contributed by atoms with Gasteiger partial charge in [0.1, 0.15) is 0 Å². The number of ether oxygens (including phenoxy) is 1. The molecule has 1 N–H and O–H groups in total. The standard InChI is InChI=1S/C39H39FN4O5Si/c1-26-36(50(2,3)40)34(23-35(46)42(20-21-45)25-27-12-6-4-7-13-27)49-39(26)32-22-30(44-37(47)31-17-11-10-14-28(31)24-41-44)18-19-33(32)43(38(39)48)29-15-8-5-9-16-29/h4-19,22,24,26,34,36,45H,20-21,23,25H2,1-3H3/t26-,34+,36-,39+/m0/s1. The van der Waals surface area contributed by atoms with Crippen LogP contribution in [-0.4, -0.2) is 59.3 Å². The molecule has 2 aliphatic rings. The maximum atomic E-state index is 16.6. The van der Waals surface area contributed by atoms with Gasteiger partial charge < -0.3 is 18.9 Å². The van der Waals surface area contributed by atoms with Crippen LogP contribution in [0, 0.1) is 5.92 Å². The van der Waals surface area contributed by atoms with Crippen molar-refractivity contribution in [1.82, 2.24) is 14.7 Å². The van der Waals surface area contributed by atoms with E-state index >= 15 is 4.11 Å². The zero-order chi connectivity index (χ0) is 35.2. The number of para-hydroxylation sites is 1. The Morgan fingerprint density at radius 2 is 1.64 bits per heavy atom. The Labute approximate surface area is 290 Å². The van der Waals surface area contributed by atoms with Crippen molar-refractivity contribution >= 4 is 42.4 Å². The zero-order valence-corrected chi connectivity index (χ0v) is 29.2. The van der Waals surface area contributed by atoms with E-state index in [9.17, 15) is 19.5 Å². The molecule has 256 valence electrons. The number of hydrogen-bond acceptors (Lipinski definition) is 6. The van der Waals surface area contributed by atoms with Crippen molar-refractivity contribution in [2.75, 3.05) is 18.1 Å². The quantitative estimate of drug-likeness (QED) is 0.145. The van der Waals surface area contributed by atoms with Gasteiger partial charge in [0, 0.05) is 41.2 Å². The molecular weight excluding hydrogens is 652 g/mol. The van der Waals surface area contributed by atoms with Crippen LogP contribution in [0.5, 0.6) is 0 Å². The number of amides is 2. The topological polar surface area (TPSA) is 105 Å². The van der Waals surface area contributed by atoms with Crippen molar-refractivity contribution < 1.29 is 23.5 Å². The first kappa shape index (κ1) is 33.5. The molecule has 4 atom stereocenters. The molecule has 5 aromatic rings. The molecule has 0 aliphatic carbocycles. The number of anilines is 2. The molecule has 0 saturated carbocycles. The number of carbonyl (C=O) groups is 2. The Hall–Kier alpha value is -4.97. The highest BCUT2D eigenvalue weighted by atomic mass is 28.4. The molecule has 0 bridgehead atoms. The molecule has 3 heterocycles. The van der Waals surface area contributed by atoms with Crippen LogP contribution in [-0.2, 0) is 26.5 Å². The number of aliphatic hydroxyl groups excluding tert-OH is 1. The van der Waals surface area contributed by atoms with E-state index in [0.29, 0.717) is 33.4 Å². The van der Waals surface area contributed by atoms with Crippen LogP contribution < -0.4 is 10.5 Å². The van der Waals surface area contributed by atoms with Gasteiger partial charge in [-0.1, -0.05) is 73.7 Å². The van der Waals surface area contributed by atoms with Gasteiger partial charge >= 0.3 is 0 Å². The number of aromatic nitrogens is 2. The summed E-state index contributed by atoms with van der Waals surface area (Å²) in [4.78, 5) is 45.7. The Morgan fingerprint density at radius 1 is 0.960 bits per heavy atom. The summed E-state index contributed by atoms with van der Waals surface area (Å²) in [6, 6.07) is 31.1. The van der Waals surface area contributed by atoms with E-state index in [-0.39, 0.29) is 43.5 Å². The van der Waals surface area contributed by atoms with Gasteiger partial charge in [-0.25, -0.2) is 0 Å². The van der Waals surface area contributed by atoms with Gasteiger partial charge in [-0.05, 0) is 55.1 Å². The second-order valence-electron chi connectivity index (χ2n) is 13.6. The molecule has 2 aliphatic heterocycles. The lowest BCUT2D eigenvalue weighted by Gasteiger charge is -2.31. The maximum absolute atomic E-state index is 16.6. The SMILES string of the molecule is C[C@H]1[C@H]([Si](C)(C)F)[C@@H](CC(=O)N(CCO)Cc2ccccc2)O[C@]12C(=O)N(c1ccccc1)c1ccc(-n3ncc4ccccc4c3=O)cc12. The molecule has 2 amide bonds. The van der Waals surface area contributed by atoms with Crippen LogP contribution in [0.25, 0.3) is 16.5 Å². The smallest absolute Gasteiger partial charge is 0.279 e. The monoisotopic (exact) mass is 690 g/mol.